The number of fused-ring (bicyclic) bond motifs is 1. The molecule has 3 aromatic rings. The van der Waals surface area contributed by atoms with Crippen molar-refractivity contribution >= 4 is 17.0 Å². The van der Waals surface area contributed by atoms with E-state index in [1.807, 2.05) is 6.07 Å². The summed E-state index contributed by atoms with van der Waals surface area (Å²) in [7, 11) is 0. The Bertz CT molecular complexity index is 916. The molecule has 1 amide bonds. The van der Waals surface area contributed by atoms with Crippen LogP contribution in [0.4, 0.5) is 4.39 Å². The molecule has 124 valence electrons. The van der Waals surface area contributed by atoms with Crippen molar-refractivity contribution in [3.8, 4) is 5.75 Å². The van der Waals surface area contributed by atoms with Gasteiger partial charge in [-0.3, -0.25) is 9.78 Å². The van der Waals surface area contributed by atoms with Crippen LogP contribution in [0.3, 0.4) is 0 Å². The number of benzene rings is 2. The molecule has 0 aliphatic rings. The number of hydrogen-bond acceptors (Lipinski definition) is 4. The van der Waals surface area contributed by atoms with Crippen molar-refractivity contribution in [2.45, 2.75) is 6.42 Å². The highest BCUT2D eigenvalue weighted by molar-refractivity contribution is 5.77. The zero-order chi connectivity index (χ0) is 16.9. The number of para-hydroxylation sites is 1. The lowest BCUT2D eigenvalue weighted by Gasteiger charge is -2.08. The Hall–Kier alpha value is -3.09. The molecular weight excluding hydrogens is 315 g/mol. The molecule has 0 aliphatic carbocycles. The van der Waals surface area contributed by atoms with Gasteiger partial charge in [0, 0.05) is 6.54 Å². The third-order valence-corrected chi connectivity index (χ3v) is 3.42. The van der Waals surface area contributed by atoms with Crippen LogP contribution in [0.2, 0.25) is 0 Å². The van der Waals surface area contributed by atoms with Crippen LogP contribution in [0.1, 0.15) is 5.56 Å². The van der Waals surface area contributed by atoms with E-state index in [0.717, 1.165) is 5.56 Å². The Morgan fingerprint density at radius 1 is 1.25 bits per heavy atom. The Morgan fingerprint density at radius 2 is 2.08 bits per heavy atom. The average molecular weight is 330 g/mol. The average Bonchev–Trinajstić information content (AvgIpc) is 2.93. The molecule has 0 bridgehead atoms. The van der Waals surface area contributed by atoms with Crippen LogP contribution in [-0.2, 0) is 11.2 Å². The number of aromatic amines is 1. The number of nitrogens with one attached hydrogen (secondary N) is 2. The molecule has 2 N–H and O–H groups in total. The van der Waals surface area contributed by atoms with Gasteiger partial charge in [0.2, 0.25) is 0 Å². The highest BCUT2D eigenvalue weighted by Gasteiger charge is 2.06. The molecule has 0 saturated carbocycles. The summed E-state index contributed by atoms with van der Waals surface area (Å²) < 4.78 is 23.5. The first-order valence-electron chi connectivity index (χ1n) is 7.37. The minimum Gasteiger partial charge on any atom is -0.481 e. The summed E-state index contributed by atoms with van der Waals surface area (Å²) >= 11 is 0. The fourth-order valence-corrected chi connectivity index (χ4v) is 2.25. The van der Waals surface area contributed by atoms with Gasteiger partial charge in [0.25, 0.3) is 5.91 Å². The van der Waals surface area contributed by atoms with E-state index in [2.05, 4.69) is 10.3 Å². The third-order valence-electron chi connectivity index (χ3n) is 3.42. The first-order valence-corrected chi connectivity index (χ1v) is 7.37. The number of ether oxygens (including phenoxy) is 1. The number of amides is 1. The number of carbonyl (C=O) groups is 1. The van der Waals surface area contributed by atoms with Gasteiger partial charge in [0.1, 0.15) is 0 Å². The van der Waals surface area contributed by atoms with E-state index < -0.39 is 11.6 Å². The number of halogens is 1. The maximum atomic E-state index is 13.4. The number of hydrogen-bond donors (Lipinski definition) is 2. The second kappa shape index (κ2) is 6.99. The summed E-state index contributed by atoms with van der Waals surface area (Å²) in [6, 6.07) is 11.2. The van der Waals surface area contributed by atoms with Gasteiger partial charge in [-0.25, -0.2) is 9.18 Å². The first-order chi connectivity index (χ1) is 11.6. The van der Waals surface area contributed by atoms with E-state index in [9.17, 15) is 14.0 Å². The van der Waals surface area contributed by atoms with E-state index >= 15 is 0 Å². The van der Waals surface area contributed by atoms with E-state index in [0.29, 0.717) is 24.1 Å². The molecule has 24 heavy (non-hydrogen) atoms. The van der Waals surface area contributed by atoms with Crippen molar-refractivity contribution in [1.82, 2.24) is 10.3 Å². The summed E-state index contributed by atoms with van der Waals surface area (Å²) in [5, 5.41) is 2.69. The van der Waals surface area contributed by atoms with Crippen molar-refractivity contribution in [2.75, 3.05) is 13.2 Å². The molecule has 0 radical (unpaired) electrons. The molecule has 0 aliphatic heterocycles. The fraction of sp³-hybridized carbons (Fsp3) is 0.176. The molecule has 0 atom stereocenters. The zero-order valence-electron chi connectivity index (χ0n) is 12.7. The molecule has 0 unspecified atom stereocenters. The standard InChI is InChI=1S/C17H15FN2O4/c18-12-3-1-2-4-14(12)23-10-16(21)19-8-7-11-5-6-13-15(9-11)24-17(22)20-13/h1-6,9H,7-8,10H2,(H,19,21)(H,20,22). The number of H-pyrrole nitrogens is 1. The number of rotatable bonds is 6. The van der Waals surface area contributed by atoms with Gasteiger partial charge in [-0.1, -0.05) is 18.2 Å². The van der Waals surface area contributed by atoms with Crippen molar-refractivity contribution in [3.63, 3.8) is 0 Å². The predicted octanol–water partition coefficient (Wildman–Crippen LogP) is 2.00. The summed E-state index contributed by atoms with van der Waals surface area (Å²) in [5.41, 5.74) is 2.03. The van der Waals surface area contributed by atoms with Crippen LogP contribution >= 0.6 is 0 Å². The van der Waals surface area contributed by atoms with Crippen LogP contribution in [0.25, 0.3) is 11.1 Å². The second-order valence-corrected chi connectivity index (χ2v) is 5.16. The number of oxazole rings is 1. The molecule has 0 fully saturated rings. The van der Waals surface area contributed by atoms with Gasteiger partial charge < -0.3 is 14.5 Å². The maximum Gasteiger partial charge on any atom is 0.417 e. The molecular formula is C17H15FN2O4. The van der Waals surface area contributed by atoms with Gasteiger partial charge >= 0.3 is 5.76 Å². The molecule has 3 rings (SSSR count). The van der Waals surface area contributed by atoms with Crippen molar-refractivity contribution < 1.29 is 18.3 Å². The Labute approximate surface area is 136 Å². The minimum atomic E-state index is -0.508. The van der Waals surface area contributed by atoms with Crippen LogP contribution in [0.5, 0.6) is 5.75 Å². The van der Waals surface area contributed by atoms with Gasteiger partial charge in [-0.2, -0.15) is 0 Å². The Morgan fingerprint density at radius 3 is 2.92 bits per heavy atom. The Kier molecular flexibility index (Phi) is 4.60. The van der Waals surface area contributed by atoms with Crippen LogP contribution in [-0.4, -0.2) is 24.0 Å². The topological polar surface area (TPSA) is 84.3 Å². The van der Waals surface area contributed by atoms with Crippen LogP contribution in [0.15, 0.2) is 51.7 Å². The fourth-order valence-electron chi connectivity index (χ4n) is 2.25. The molecule has 1 aromatic heterocycles. The molecule has 2 aromatic carbocycles. The van der Waals surface area contributed by atoms with Gasteiger partial charge in [-0.05, 0) is 36.2 Å². The minimum absolute atomic E-state index is 0.0422. The summed E-state index contributed by atoms with van der Waals surface area (Å²) in [6.07, 6.45) is 0.566. The van der Waals surface area contributed by atoms with Gasteiger partial charge in [0.15, 0.2) is 23.8 Å². The van der Waals surface area contributed by atoms with E-state index in [-0.39, 0.29) is 18.3 Å². The van der Waals surface area contributed by atoms with Crippen molar-refractivity contribution in [1.29, 1.82) is 0 Å². The summed E-state index contributed by atoms with van der Waals surface area (Å²) in [4.78, 5) is 25.4. The summed E-state index contributed by atoms with van der Waals surface area (Å²) in [6.45, 7) is 0.131. The second-order valence-electron chi connectivity index (χ2n) is 5.16. The smallest absolute Gasteiger partial charge is 0.417 e. The van der Waals surface area contributed by atoms with Gasteiger partial charge in [-0.15, -0.1) is 0 Å². The number of carbonyl (C=O) groups excluding carboxylic acids is 1. The largest absolute Gasteiger partial charge is 0.481 e. The van der Waals surface area contributed by atoms with Crippen molar-refractivity contribution in [3.05, 3.63) is 64.4 Å². The monoisotopic (exact) mass is 330 g/mol. The van der Waals surface area contributed by atoms with Crippen LogP contribution in [0, 0.1) is 5.82 Å². The van der Waals surface area contributed by atoms with E-state index in [4.69, 9.17) is 9.15 Å². The molecule has 6 nitrogen and oxygen atoms in total. The highest BCUT2D eigenvalue weighted by Crippen LogP contribution is 2.15. The predicted molar refractivity (Wildman–Crippen MR) is 85.4 cm³/mol. The lowest BCUT2D eigenvalue weighted by molar-refractivity contribution is -0.123. The van der Waals surface area contributed by atoms with E-state index in [1.54, 1.807) is 24.3 Å². The first kappa shape index (κ1) is 15.8. The molecule has 1 heterocycles. The maximum absolute atomic E-state index is 13.4. The van der Waals surface area contributed by atoms with Crippen molar-refractivity contribution in [2.24, 2.45) is 0 Å². The molecule has 0 spiro atoms. The lowest BCUT2D eigenvalue weighted by Crippen LogP contribution is -2.30. The zero-order valence-corrected chi connectivity index (χ0v) is 12.7. The molecule has 7 heteroatoms. The van der Waals surface area contributed by atoms with E-state index in [1.165, 1.54) is 12.1 Å². The SMILES string of the molecule is O=C(COc1ccccc1F)NCCc1ccc2[nH]c(=O)oc2c1. The Balaban J connectivity index is 1.47. The highest BCUT2D eigenvalue weighted by atomic mass is 19.1. The summed E-state index contributed by atoms with van der Waals surface area (Å²) in [5.74, 6) is -1.31. The molecule has 0 saturated heterocycles. The third kappa shape index (κ3) is 3.81. The number of aromatic nitrogens is 1. The quantitative estimate of drug-likeness (QED) is 0.724. The lowest BCUT2D eigenvalue weighted by atomic mass is 10.1. The van der Waals surface area contributed by atoms with Crippen LogP contribution < -0.4 is 15.8 Å². The normalized spacial score (nSPS) is 10.7. The van der Waals surface area contributed by atoms with Gasteiger partial charge in [0.05, 0.1) is 5.52 Å².